The minimum atomic E-state index is -1.19. The number of hydrogen-bond acceptors (Lipinski definition) is 7. The van der Waals surface area contributed by atoms with Gasteiger partial charge in [0.15, 0.2) is 6.10 Å². The van der Waals surface area contributed by atoms with Gasteiger partial charge in [0, 0.05) is 6.92 Å². The lowest BCUT2D eigenvalue weighted by Crippen LogP contribution is -2.67. The van der Waals surface area contributed by atoms with Crippen molar-refractivity contribution in [2.24, 2.45) is 0 Å². The SMILES string of the molecule is CC(=O)O[C@@H]1[C@@H](OCc2ccccc2)[C@H](OCc2ccccc2)[C@@H](OCc2ccccc2)[C@@H](O)[C@H]1OCc1ccccc1. The summed E-state index contributed by atoms with van der Waals surface area (Å²) in [5.74, 6) is -0.510. The van der Waals surface area contributed by atoms with Gasteiger partial charge in [-0.25, -0.2) is 0 Å². The van der Waals surface area contributed by atoms with Gasteiger partial charge in [0.05, 0.1) is 26.4 Å². The number of aliphatic hydroxyl groups is 1. The summed E-state index contributed by atoms with van der Waals surface area (Å²) in [6.07, 6.45) is -5.53. The Morgan fingerprint density at radius 3 is 1.09 bits per heavy atom. The smallest absolute Gasteiger partial charge is 0.303 e. The number of ether oxygens (including phenoxy) is 5. The number of carbonyl (C=O) groups is 1. The highest BCUT2D eigenvalue weighted by Crippen LogP contribution is 2.34. The van der Waals surface area contributed by atoms with E-state index in [-0.39, 0.29) is 26.4 Å². The van der Waals surface area contributed by atoms with Gasteiger partial charge in [-0.05, 0) is 22.3 Å². The quantitative estimate of drug-likeness (QED) is 0.205. The zero-order valence-electron chi connectivity index (χ0n) is 24.2. The summed E-state index contributed by atoms with van der Waals surface area (Å²) >= 11 is 0. The Bertz CT molecular complexity index is 1370. The Morgan fingerprint density at radius 2 is 0.767 bits per heavy atom. The predicted octanol–water partition coefficient (Wildman–Crippen LogP) is 5.63. The van der Waals surface area contributed by atoms with Crippen molar-refractivity contribution >= 4 is 5.97 Å². The van der Waals surface area contributed by atoms with Gasteiger partial charge < -0.3 is 28.8 Å². The van der Waals surface area contributed by atoms with Crippen LogP contribution in [0.25, 0.3) is 0 Å². The molecule has 0 aliphatic heterocycles. The minimum Gasteiger partial charge on any atom is -0.457 e. The fourth-order valence-electron chi connectivity index (χ4n) is 5.30. The normalized spacial score (nSPS) is 23.5. The lowest BCUT2D eigenvalue weighted by molar-refractivity contribution is -0.276. The fourth-order valence-corrected chi connectivity index (χ4v) is 5.30. The van der Waals surface area contributed by atoms with E-state index in [2.05, 4.69) is 0 Å². The van der Waals surface area contributed by atoms with Crippen LogP contribution < -0.4 is 0 Å². The molecule has 1 aliphatic carbocycles. The fraction of sp³-hybridized carbons (Fsp3) is 0.306. The molecule has 7 nitrogen and oxygen atoms in total. The van der Waals surface area contributed by atoms with Gasteiger partial charge in [0.25, 0.3) is 0 Å². The van der Waals surface area contributed by atoms with Crippen molar-refractivity contribution in [2.45, 2.75) is 70.0 Å². The molecule has 0 aromatic heterocycles. The highest BCUT2D eigenvalue weighted by atomic mass is 16.6. The van der Waals surface area contributed by atoms with Crippen LogP contribution in [0.4, 0.5) is 0 Å². The molecule has 1 N–H and O–H groups in total. The zero-order chi connectivity index (χ0) is 29.9. The van der Waals surface area contributed by atoms with Crippen molar-refractivity contribution in [1.29, 1.82) is 0 Å². The third-order valence-corrected chi connectivity index (χ3v) is 7.41. The van der Waals surface area contributed by atoms with Crippen LogP contribution in [-0.4, -0.2) is 47.7 Å². The van der Waals surface area contributed by atoms with Crippen molar-refractivity contribution in [3.63, 3.8) is 0 Å². The first kappa shape index (κ1) is 30.6. The highest BCUT2D eigenvalue weighted by molar-refractivity contribution is 5.66. The Hall–Kier alpha value is -3.85. The van der Waals surface area contributed by atoms with Crippen molar-refractivity contribution in [1.82, 2.24) is 0 Å². The lowest BCUT2D eigenvalue weighted by Gasteiger charge is -2.48. The molecule has 7 heteroatoms. The summed E-state index contributed by atoms with van der Waals surface area (Å²) in [7, 11) is 0. The molecule has 1 fully saturated rings. The molecular formula is C36H38O7. The van der Waals surface area contributed by atoms with Gasteiger partial charge in [-0.15, -0.1) is 0 Å². The van der Waals surface area contributed by atoms with Crippen LogP contribution in [0.2, 0.25) is 0 Å². The van der Waals surface area contributed by atoms with Crippen LogP contribution >= 0.6 is 0 Å². The molecule has 0 unspecified atom stereocenters. The number of rotatable bonds is 13. The minimum absolute atomic E-state index is 0.201. The van der Waals surface area contributed by atoms with E-state index in [9.17, 15) is 9.90 Å². The first-order valence-corrected chi connectivity index (χ1v) is 14.6. The first-order valence-electron chi connectivity index (χ1n) is 14.6. The second-order valence-corrected chi connectivity index (χ2v) is 10.6. The second kappa shape index (κ2) is 15.6. The molecule has 0 bridgehead atoms. The number of benzene rings is 4. The third kappa shape index (κ3) is 8.60. The predicted molar refractivity (Wildman–Crippen MR) is 162 cm³/mol. The molecule has 0 amide bonds. The largest absolute Gasteiger partial charge is 0.457 e. The van der Waals surface area contributed by atoms with Crippen LogP contribution in [0.15, 0.2) is 121 Å². The van der Waals surface area contributed by atoms with Crippen LogP contribution in [0, 0.1) is 0 Å². The molecule has 0 heterocycles. The van der Waals surface area contributed by atoms with E-state index >= 15 is 0 Å². The van der Waals surface area contributed by atoms with Crippen LogP contribution in [0.3, 0.4) is 0 Å². The number of aliphatic hydroxyl groups excluding tert-OH is 1. The number of carbonyl (C=O) groups excluding carboxylic acids is 1. The van der Waals surface area contributed by atoms with Crippen LogP contribution in [0.5, 0.6) is 0 Å². The van der Waals surface area contributed by atoms with Crippen molar-refractivity contribution in [3.8, 4) is 0 Å². The third-order valence-electron chi connectivity index (χ3n) is 7.41. The molecule has 4 aromatic rings. The molecule has 6 atom stereocenters. The van der Waals surface area contributed by atoms with Crippen molar-refractivity contribution < 1.29 is 33.6 Å². The molecular weight excluding hydrogens is 544 g/mol. The van der Waals surface area contributed by atoms with Gasteiger partial charge in [-0.3, -0.25) is 4.79 Å². The Balaban J connectivity index is 1.48. The second-order valence-electron chi connectivity index (χ2n) is 10.6. The topological polar surface area (TPSA) is 83.5 Å². The van der Waals surface area contributed by atoms with E-state index in [0.29, 0.717) is 0 Å². The maximum Gasteiger partial charge on any atom is 0.303 e. The standard InChI is InChI=1S/C36H38O7/c1-26(37)43-36-33(40-23-28-16-8-3-9-17-28)31(38)32(39-22-27-14-6-2-7-15-27)34(41-24-29-18-10-4-11-19-29)35(36)42-25-30-20-12-5-13-21-30/h2-21,31-36,38H,22-25H2,1H3/t31-,32+,33-,34-,35+,36+/m1/s1. The molecule has 4 aromatic carbocycles. The molecule has 0 saturated heterocycles. The zero-order valence-corrected chi connectivity index (χ0v) is 24.2. The van der Waals surface area contributed by atoms with E-state index < -0.39 is 42.6 Å². The highest BCUT2D eigenvalue weighted by Gasteiger charge is 2.55. The van der Waals surface area contributed by atoms with Gasteiger partial charge in [0.2, 0.25) is 0 Å². The lowest BCUT2D eigenvalue weighted by atomic mass is 9.83. The van der Waals surface area contributed by atoms with Gasteiger partial charge in [0.1, 0.15) is 30.5 Å². The molecule has 43 heavy (non-hydrogen) atoms. The Kier molecular flexibility index (Phi) is 11.1. The Labute approximate surface area is 252 Å². The molecule has 1 saturated carbocycles. The maximum atomic E-state index is 12.4. The van der Waals surface area contributed by atoms with Gasteiger partial charge in [-0.1, -0.05) is 121 Å². The summed E-state index contributed by atoms with van der Waals surface area (Å²) in [5, 5.41) is 11.9. The van der Waals surface area contributed by atoms with E-state index in [4.69, 9.17) is 23.7 Å². The van der Waals surface area contributed by atoms with E-state index in [0.717, 1.165) is 22.3 Å². The number of esters is 1. The summed E-state index contributed by atoms with van der Waals surface area (Å²) < 4.78 is 31.7. The van der Waals surface area contributed by atoms with Crippen LogP contribution in [-0.2, 0) is 54.9 Å². The maximum absolute atomic E-state index is 12.4. The molecule has 0 radical (unpaired) electrons. The summed E-state index contributed by atoms with van der Waals surface area (Å²) in [6.45, 7) is 2.26. The first-order chi connectivity index (χ1) is 21.1. The Morgan fingerprint density at radius 1 is 0.488 bits per heavy atom. The molecule has 5 rings (SSSR count). The average Bonchev–Trinajstić information content (AvgIpc) is 3.04. The van der Waals surface area contributed by atoms with E-state index in [1.165, 1.54) is 6.92 Å². The van der Waals surface area contributed by atoms with Crippen molar-refractivity contribution in [3.05, 3.63) is 144 Å². The molecule has 0 spiro atoms. The summed E-state index contributed by atoms with van der Waals surface area (Å²) in [6, 6.07) is 38.9. The average molecular weight is 583 g/mol. The summed E-state index contributed by atoms with van der Waals surface area (Å²) in [4.78, 5) is 12.4. The van der Waals surface area contributed by atoms with Gasteiger partial charge in [-0.2, -0.15) is 0 Å². The van der Waals surface area contributed by atoms with Crippen LogP contribution in [0.1, 0.15) is 29.2 Å². The van der Waals surface area contributed by atoms with Crippen molar-refractivity contribution in [2.75, 3.05) is 0 Å². The molecule has 224 valence electrons. The van der Waals surface area contributed by atoms with E-state index in [1.807, 2.05) is 121 Å². The summed E-state index contributed by atoms with van der Waals surface area (Å²) in [5.41, 5.74) is 3.76. The number of hydrogen-bond donors (Lipinski definition) is 1. The van der Waals surface area contributed by atoms with E-state index in [1.54, 1.807) is 0 Å². The van der Waals surface area contributed by atoms with Gasteiger partial charge >= 0.3 is 5.97 Å². The monoisotopic (exact) mass is 582 g/mol. The molecule has 1 aliphatic rings.